The Hall–Kier alpha value is -1.06. The van der Waals surface area contributed by atoms with Crippen LogP contribution >= 0.6 is 11.6 Å². The van der Waals surface area contributed by atoms with E-state index in [1.165, 1.54) is 0 Å². The van der Waals surface area contributed by atoms with Crippen molar-refractivity contribution >= 4 is 17.5 Å². The second-order valence-electron chi connectivity index (χ2n) is 5.14. The molecule has 0 fully saturated rings. The number of halogens is 1. The van der Waals surface area contributed by atoms with Gasteiger partial charge in [-0.15, -0.1) is 0 Å². The van der Waals surface area contributed by atoms with Crippen molar-refractivity contribution in [3.05, 3.63) is 34.9 Å². The van der Waals surface area contributed by atoms with Gasteiger partial charge in [-0.1, -0.05) is 49.6 Å². The second-order valence-corrected chi connectivity index (χ2v) is 5.55. The molecule has 1 rings (SSSR count). The molecule has 0 aliphatic heterocycles. The number of nitrogens with one attached hydrogen (secondary N) is 1. The van der Waals surface area contributed by atoms with E-state index < -0.39 is 0 Å². The summed E-state index contributed by atoms with van der Waals surface area (Å²) in [6.45, 7) is 3.36. The first-order valence-corrected chi connectivity index (χ1v) is 7.75. The van der Waals surface area contributed by atoms with E-state index in [0.29, 0.717) is 30.5 Å². The molecule has 1 aromatic carbocycles. The van der Waals surface area contributed by atoms with Crippen LogP contribution < -0.4 is 11.1 Å². The highest BCUT2D eigenvalue weighted by molar-refractivity contribution is 6.31. The molecular formula is C16H25ClN2O. The maximum Gasteiger partial charge on any atom is 0.220 e. The second kappa shape index (κ2) is 9.78. The first kappa shape index (κ1) is 17.0. The summed E-state index contributed by atoms with van der Waals surface area (Å²) in [7, 11) is 0. The van der Waals surface area contributed by atoms with E-state index in [9.17, 15) is 4.79 Å². The number of rotatable bonds is 9. The van der Waals surface area contributed by atoms with Crippen molar-refractivity contribution in [1.29, 1.82) is 0 Å². The summed E-state index contributed by atoms with van der Waals surface area (Å²) in [5.41, 5.74) is 6.56. The van der Waals surface area contributed by atoms with Crippen LogP contribution in [0.25, 0.3) is 0 Å². The largest absolute Gasteiger partial charge is 0.352 e. The summed E-state index contributed by atoms with van der Waals surface area (Å²) in [5, 5.41) is 3.62. The van der Waals surface area contributed by atoms with Gasteiger partial charge in [-0.3, -0.25) is 4.79 Å². The van der Waals surface area contributed by atoms with Gasteiger partial charge in [-0.2, -0.15) is 0 Å². The summed E-state index contributed by atoms with van der Waals surface area (Å²) < 4.78 is 0. The molecule has 0 aromatic heterocycles. The van der Waals surface area contributed by atoms with Crippen LogP contribution in [0.2, 0.25) is 5.02 Å². The first-order chi connectivity index (χ1) is 9.67. The van der Waals surface area contributed by atoms with E-state index in [0.717, 1.165) is 31.2 Å². The van der Waals surface area contributed by atoms with Gasteiger partial charge in [0.05, 0.1) is 0 Å². The topological polar surface area (TPSA) is 55.1 Å². The molecule has 4 heteroatoms. The zero-order valence-corrected chi connectivity index (χ0v) is 13.0. The highest BCUT2D eigenvalue weighted by Gasteiger charge is 2.10. The lowest BCUT2D eigenvalue weighted by Gasteiger charge is -2.14. The Bertz CT molecular complexity index is 403. The molecule has 0 aliphatic carbocycles. The Morgan fingerprint density at radius 2 is 2.05 bits per heavy atom. The highest BCUT2D eigenvalue weighted by Crippen LogP contribution is 2.17. The van der Waals surface area contributed by atoms with Crippen LogP contribution in [0.5, 0.6) is 0 Å². The summed E-state index contributed by atoms with van der Waals surface area (Å²) in [5.74, 6) is 0.652. The molecule has 0 saturated carbocycles. The van der Waals surface area contributed by atoms with Crippen molar-refractivity contribution in [2.75, 3.05) is 6.54 Å². The fourth-order valence-corrected chi connectivity index (χ4v) is 2.54. The molecule has 0 heterocycles. The third kappa shape index (κ3) is 6.40. The van der Waals surface area contributed by atoms with E-state index in [1.807, 2.05) is 24.3 Å². The predicted molar refractivity (Wildman–Crippen MR) is 84.6 cm³/mol. The van der Waals surface area contributed by atoms with Crippen molar-refractivity contribution < 1.29 is 4.79 Å². The minimum atomic E-state index is 0.0862. The van der Waals surface area contributed by atoms with Gasteiger partial charge in [0.25, 0.3) is 0 Å². The van der Waals surface area contributed by atoms with Crippen molar-refractivity contribution in [2.45, 2.75) is 45.6 Å². The van der Waals surface area contributed by atoms with Crippen LogP contribution in [0, 0.1) is 5.92 Å². The Kier molecular flexibility index (Phi) is 8.31. The monoisotopic (exact) mass is 296 g/mol. The van der Waals surface area contributed by atoms with Crippen molar-refractivity contribution in [1.82, 2.24) is 5.32 Å². The molecule has 20 heavy (non-hydrogen) atoms. The van der Waals surface area contributed by atoms with Gasteiger partial charge in [0.15, 0.2) is 0 Å². The molecule has 0 radical (unpaired) electrons. The number of carbonyl (C=O) groups is 1. The molecule has 3 nitrogen and oxygen atoms in total. The first-order valence-electron chi connectivity index (χ1n) is 7.37. The molecule has 0 bridgehead atoms. The minimum Gasteiger partial charge on any atom is -0.352 e. The van der Waals surface area contributed by atoms with Crippen LogP contribution in [0.3, 0.4) is 0 Å². The molecular weight excluding hydrogens is 272 g/mol. The molecule has 1 amide bonds. The van der Waals surface area contributed by atoms with Gasteiger partial charge in [0.1, 0.15) is 0 Å². The number of hydrogen-bond donors (Lipinski definition) is 2. The molecule has 0 aliphatic rings. The maximum absolute atomic E-state index is 11.9. The standard InChI is InChI=1S/C16H25ClN2O/c1-2-5-13(10-11-18)8-9-16(20)19-12-14-6-3-4-7-15(14)17/h3-4,6-7,13H,2,5,8-12,18H2,1H3,(H,19,20). The highest BCUT2D eigenvalue weighted by atomic mass is 35.5. The van der Waals surface area contributed by atoms with E-state index in [1.54, 1.807) is 0 Å². The van der Waals surface area contributed by atoms with Crippen LogP contribution in [0.1, 0.15) is 44.6 Å². The number of nitrogens with two attached hydrogens (primary N) is 1. The summed E-state index contributed by atoms with van der Waals surface area (Å²) in [6, 6.07) is 7.57. The third-order valence-electron chi connectivity index (χ3n) is 3.49. The summed E-state index contributed by atoms with van der Waals surface area (Å²) in [4.78, 5) is 11.9. The van der Waals surface area contributed by atoms with Crippen LogP contribution in [0.4, 0.5) is 0 Å². The van der Waals surface area contributed by atoms with E-state index in [-0.39, 0.29) is 5.91 Å². The lowest BCUT2D eigenvalue weighted by Crippen LogP contribution is -2.23. The van der Waals surface area contributed by atoms with E-state index in [4.69, 9.17) is 17.3 Å². The number of amides is 1. The summed E-state index contributed by atoms with van der Waals surface area (Å²) >= 11 is 6.05. The smallest absolute Gasteiger partial charge is 0.220 e. The molecule has 0 spiro atoms. The quantitative estimate of drug-likeness (QED) is 0.733. The fourth-order valence-electron chi connectivity index (χ4n) is 2.34. The Morgan fingerprint density at radius 1 is 1.30 bits per heavy atom. The predicted octanol–water partition coefficient (Wildman–Crippen LogP) is 3.50. The number of carbonyl (C=O) groups excluding carboxylic acids is 1. The van der Waals surface area contributed by atoms with Gasteiger partial charge >= 0.3 is 0 Å². The molecule has 112 valence electrons. The van der Waals surface area contributed by atoms with Crippen LogP contribution in [-0.4, -0.2) is 12.5 Å². The zero-order chi connectivity index (χ0) is 14.8. The van der Waals surface area contributed by atoms with E-state index in [2.05, 4.69) is 12.2 Å². The van der Waals surface area contributed by atoms with Gasteiger partial charge in [0, 0.05) is 18.0 Å². The molecule has 0 saturated heterocycles. The minimum absolute atomic E-state index is 0.0862. The Morgan fingerprint density at radius 3 is 2.70 bits per heavy atom. The fraction of sp³-hybridized carbons (Fsp3) is 0.562. The Labute approximate surface area is 126 Å². The molecule has 1 atom stereocenters. The summed E-state index contributed by atoms with van der Waals surface area (Å²) in [6.07, 6.45) is 4.78. The average molecular weight is 297 g/mol. The molecule has 3 N–H and O–H groups in total. The van der Waals surface area contributed by atoms with Gasteiger partial charge in [-0.05, 0) is 36.9 Å². The van der Waals surface area contributed by atoms with Gasteiger partial charge < -0.3 is 11.1 Å². The van der Waals surface area contributed by atoms with Gasteiger partial charge in [0.2, 0.25) is 5.91 Å². The van der Waals surface area contributed by atoms with E-state index >= 15 is 0 Å². The van der Waals surface area contributed by atoms with Crippen molar-refractivity contribution in [3.63, 3.8) is 0 Å². The SMILES string of the molecule is CCCC(CCN)CCC(=O)NCc1ccccc1Cl. The number of hydrogen-bond acceptors (Lipinski definition) is 2. The molecule has 1 aromatic rings. The Balaban J connectivity index is 2.31. The van der Waals surface area contributed by atoms with Crippen molar-refractivity contribution in [2.24, 2.45) is 11.7 Å². The number of benzene rings is 1. The zero-order valence-electron chi connectivity index (χ0n) is 12.2. The van der Waals surface area contributed by atoms with Crippen LogP contribution in [-0.2, 0) is 11.3 Å². The van der Waals surface area contributed by atoms with Crippen molar-refractivity contribution in [3.8, 4) is 0 Å². The maximum atomic E-state index is 11.9. The third-order valence-corrected chi connectivity index (χ3v) is 3.85. The average Bonchev–Trinajstić information content (AvgIpc) is 2.44. The lowest BCUT2D eigenvalue weighted by molar-refractivity contribution is -0.121. The molecule has 1 unspecified atom stereocenters. The van der Waals surface area contributed by atoms with Crippen LogP contribution in [0.15, 0.2) is 24.3 Å². The lowest BCUT2D eigenvalue weighted by atomic mass is 9.94. The normalized spacial score (nSPS) is 12.2. The van der Waals surface area contributed by atoms with Gasteiger partial charge in [-0.25, -0.2) is 0 Å².